The molecule has 2 aromatic carbocycles. The summed E-state index contributed by atoms with van der Waals surface area (Å²) >= 11 is 3.43. The number of anilines is 2. The smallest absolute Gasteiger partial charge is 0.234 e. The number of nitrogens with zero attached hydrogens (tertiary/aromatic N) is 2. The van der Waals surface area contributed by atoms with E-state index in [1.807, 2.05) is 55.5 Å². The molecule has 27 heavy (non-hydrogen) atoms. The van der Waals surface area contributed by atoms with Gasteiger partial charge in [-0.2, -0.15) is 4.98 Å². The number of aromatic nitrogens is 2. The molecule has 0 saturated heterocycles. The number of hydrogen-bond donors (Lipinski definition) is 1. The number of methoxy groups -OCH3 is 1. The normalized spacial score (nSPS) is 10.5. The number of hydrogen-bond acceptors (Lipinski definition) is 6. The number of aryl methyl sites for hydroxylation is 1. The van der Waals surface area contributed by atoms with Gasteiger partial charge < -0.3 is 19.5 Å². The molecule has 6 nitrogen and oxygen atoms in total. The second-order valence-electron chi connectivity index (χ2n) is 5.77. The first-order valence-electron chi connectivity index (χ1n) is 8.34. The van der Waals surface area contributed by atoms with Crippen LogP contribution in [0.25, 0.3) is 0 Å². The molecule has 7 heteroatoms. The van der Waals surface area contributed by atoms with Crippen molar-refractivity contribution in [1.29, 1.82) is 0 Å². The molecule has 3 aromatic rings. The predicted molar refractivity (Wildman–Crippen MR) is 107 cm³/mol. The van der Waals surface area contributed by atoms with Crippen LogP contribution in [-0.4, -0.2) is 23.9 Å². The molecule has 1 N–H and O–H groups in total. The summed E-state index contributed by atoms with van der Waals surface area (Å²) < 4.78 is 16.8. The Bertz CT molecular complexity index is 891. The third-order valence-electron chi connectivity index (χ3n) is 3.74. The van der Waals surface area contributed by atoms with Crippen LogP contribution in [0.15, 0.2) is 59.3 Å². The van der Waals surface area contributed by atoms with Gasteiger partial charge in [0.25, 0.3) is 0 Å². The molecule has 0 fully saturated rings. The fourth-order valence-electron chi connectivity index (χ4n) is 2.32. The summed E-state index contributed by atoms with van der Waals surface area (Å²) in [6.07, 6.45) is 1.59. The number of benzene rings is 2. The summed E-state index contributed by atoms with van der Waals surface area (Å²) in [4.78, 5) is 8.81. The van der Waals surface area contributed by atoms with Crippen molar-refractivity contribution in [3.8, 4) is 11.6 Å². The molecule has 0 aliphatic carbocycles. The van der Waals surface area contributed by atoms with Crippen LogP contribution < -0.4 is 14.8 Å². The van der Waals surface area contributed by atoms with Gasteiger partial charge in [0.2, 0.25) is 5.88 Å². The van der Waals surface area contributed by atoms with Gasteiger partial charge in [0.05, 0.1) is 6.20 Å². The van der Waals surface area contributed by atoms with Crippen LogP contribution in [0.2, 0.25) is 0 Å². The van der Waals surface area contributed by atoms with Gasteiger partial charge in [-0.1, -0.05) is 36.4 Å². The summed E-state index contributed by atoms with van der Waals surface area (Å²) in [7, 11) is 1.58. The molecule has 0 spiro atoms. The lowest BCUT2D eigenvalue weighted by molar-refractivity contribution is 0.0511. The molecule has 0 atom stereocenters. The van der Waals surface area contributed by atoms with Crippen molar-refractivity contribution >= 4 is 27.4 Å². The number of ether oxygens (including phenoxy) is 3. The molecule has 140 valence electrons. The first-order chi connectivity index (χ1) is 13.2. The van der Waals surface area contributed by atoms with Crippen LogP contribution in [0, 0.1) is 6.92 Å². The second-order valence-corrected chi connectivity index (χ2v) is 6.53. The van der Waals surface area contributed by atoms with Crippen molar-refractivity contribution in [3.63, 3.8) is 0 Å². The Balaban J connectivity index is 1.74. The molecule has 3 rings (SSSR count). The monoisotopic (exact) mass is 429 g/mol. The quantitative estimate of drug-likeness (QED) is 0.516. The summed E-state index contributed by atoms with van der Waals surface area (Å²) in [5, 5.41) is 3.27. The summed E-state index contributed by atoms with van der Waals surface area (Å²) in [5.74, 6) is 1.70. The van der Waals surface area contributed by atoms with E-state index in [4.69, 9.17) is 14.2 Å². The van der Waals surface area contributed by atoms with Crippen LogP contribution in [0.1, 0.15) is 11.1 Å². The third kappa shape index (κ3) is 5.42. The lowest BCUT2D eigenvalue weighted by atomic mass is 10.2. The Morgan fingerprint density at radius 2 is 1.89 bits per heavy atom. The molecule has 0 amide bonds. The second kappa shape index (κ2) is 9.34. The van der Waals surface area contributed by atoms with Crippen LogP contribution in [-0.2, 0) is 11.3 Å². The lowest BCUT2D eigenvalue weighted by Crippen LogP contribution is -2.03. The van der Waals surface area contributed by atoms with Gasteiger partial charge in [-0.05, 0) is 40.0 Å². The van der Waals surface area contributed by atoms with Gasteiger partial charge in [0.15, 0.2) is 12.6 Å². The topological polar surface area (TPSA) is 65.5 Å². The highest BCUT2D eigenvalue weighted by atomic mass is 79.9. The van der Waals surface area contributed by atoms with E-state index < -0.39 is 0 Å². The predicted octanol–water partition coefficient (Wildman–Crippen LogP) is 4.85. The maximum atomic E-state index is 5.76. The molecular formula is C20H20BrN3O3. The lowest BCUT2D eigenvalue weighted by Gasteiger charge is -2.13. The van der Waals surface area contributed by atoms with Crippen molar-refractivity contribution < 1.29 is 14.2 Å². The maximum absolute atomic E-state index is 5.76. The molecular weight excluding hydrogens is 410 g/mol. The van der Waals surface area contributed by atoms with Crippen molar-refractivity contribution in [3.05, 3.63) is 70.5 Å². The van der Waals surface area contributed by atoms with Crippen molar-refractivity contribution in [2.45, 2.75) is 13.5 Å². The molecule has 1 heterocycles. The zero-order valence-electron chi connectivity index (χ0n) is 15.1. The summed E-state index contributed by atoms with van der Waals surface area (Å²) in [5.41, 5.74) is 2.97. The van der Waals surface area contributed by atoms with Crippen LogP contribution >= 0.6 is 15.9 Å². The first-order valence-corrected chi connectivity index (χ1v) is 9.13. The largest absolute Gasteiger partial charge is 0.472 e. The maximum Gasteiger partial charge on any atom is 0.234 e. The SMILES string of the molecule is COCOc1ccc(C)c(Nc2nc(OCc3ccccc3)cnc2Br)c1. The fourth-order valence-corrected chi connectivity index (χ4v) is 2.61. The Kier molecular flexibility index (Phi) is 6.62. The third-order valence-corrected chi connectivity index (χ3v) is 4.32. The minimum atomic E-state index is 0.189. The zero-order chi connectivity index (χ0) is 19.1. The molecule has 0 bridgehead atoms. The molecule has 0 saturated carbocycles. The van der Waals surface area contributed by atoms with Gasteiger partial charge >= 0.3 is 0 Å². The molecule has 0 unspecified atom stereocenters. The number of halogens is 1. The van der Waals surface area contributed by atoms with E-state index in [0.29, 0.717) is 28.7 Å². The molecule has 0 aliphatic rings. The molecule has 0 aliphatic heterocycles. The molecule has 0 radical (unpaired) electrons. The van der Waals surface area contributed by atoms with E-state index in [9.17, 15) is 0 Å². The van der Waals surface area contributed by atoms with E-state index in [0.717, 1.165) is 16.8 Å². The fraction of sp³-hybridized carbons (Fsp3) is 0.200. The Morgan fingerprint density at radius 3 is 2.67 bits per heavy atom. The van der Waals surface area contributed by atoms with Gasteiger partial charge in [-0.25, -0.2) is 4.98 Å². The van der Waals surface area contributed by atoms with Gasteiger partial charge in [-0.15, -0.1) is 0 Å². The minimum Gasteiger partial charge on any atom is -0.472 e. The van der Waals surface area contributed by atoms with E-state index in [1.165, 1.54) is 0 Å². The van der Waals surface area contributed by atoms with Gasteiger partial charge in [0.1, 0.15) is 17.0 Å². The van der Waals surface area contributed by atoms with Crippen LogP contribution in [0.4, 0.5) is 11.5 Å². The van der Waals surface area contributed by atoms with E-state index in [2.05, 4.69) is 31.2 Å². The van der Waals surface area contributed by atoms with Gasteiger partial charge in [-0.3, -0.25) is 0 Å². The standard InChI is InChI=1S/C20H20BrN3O3/c1-14-8-9-16(27-13-25-2)10-17(14)23-20-19(21)22-11-18(24-20)26-12-15-6-4-3-5-7-15/h3-11H,12-13H2,1-2H3,(H,23,24). The highest BCUT2D eigenvalue weighted by Crippen LogP contribution is 2.29. The molecule has 1 aromatic heterocycles. The Morgan fingerprint density at radius 1 is 1.07 bits per heavy atom. The van der Waals surface area contributed by atoms with E-state index >= 15 is 0 Å². The Hall–Kier alpha value is -2.64. The van der Waals surface area contributed by atoms with Crippen molar-refractivity contribution in [2.75, 3.05) is 19.2 Å². The van der Waals surface area contributed by atoms with Crippen LogP contribution in [0.5, 0.6) is 11.6 Å². The van der Waals surface area contributed by atoms with Gasteiger partial charge in [0, 0.05) is 18.9 Å². The zero-order valence-corrected chi connectivity index (χ0v) is 16.7. The summed E-state index contributed by atoms with van der Waals surface area (Å²) in [6.45, 7) is 2.62. The number of nitrogens with one attached hydrogen (secondary N) is 1. The van der Waals surface area contributed by atoms with Crippen molar-refractivity contribution in [1.82, 2.24) is 9.97 Å². The first kappa shape index (κ1) is 19.1. The average molecular weight is 430 g/mol. The van der Waals surface area contributed by atoms with E-state index in [1.54, 1.807) is 13.3 Å². The minimum absolute atomic E-state index is 0.189. The van der Waals surface area contributed by atoms with Crippen LogP contribution in [0.3, 0.4) is 0 Å². The van der Waals surface area contributed by atoms with E-state index in [-0.39, 0.29) is 6.79 Å². The number of rotatable bonds is 8. The highest BCUT2D eigenvalue weighted by Gasteiger charge is 2.09. The highest BCUT2D eigenvalue weighted by molar-refractivity contribution is 9.10. The summed E-state index contributed by atoms with van der Waals surface area (Å²) in [6, 6.07) is 15.7. The Labute approximate surface area is 166 Å². The van der Waals surface area contributed by atoms with Crippen molar-refractivity contribution in [2.24, 2.45) is 0 Å². The average Bonchev–Trinajstić information content (AvgIpc) is 2.70.